The summed E-state index contributed by atoms with van der Waals surface area (Å²) in [4.78, 5) is 205. The van der Waals surface area contributed by atoms with Crippen molar-refractivity contribution in [1.82, 2.24) is 74.4 Å². The molecule has 0 aliphatic heterocycles. The molecule has 0 aliphatic rings. The predicted octanol–water partition coefficient (Wildman–Crippen LogP) is -10.5. The number of thiol groups is 2. The van der Waals surface area contributed by atoms with Gasteiger partial charge in [-0.1, -0.05) is 24.3 Å². The molecule has 0 aliphatic carbocycles. The van der Waals surface area contributed by atoms with Gasteiger partial charge in [-0.05, 0) is 141 Å². The van der Waals surface area contributed by atoms with Gasteiger partial charge in [0.1, 0.15) is 84.0 Å². The number of carbonyl (C=O) groups excluding carboxylic acids is 14. The number of guanidine groups is 1. The number of benzene rings is 2. The molecule has 2 aromatic rings. The number of aromatic hydroxyl groups is 2. The Hall–Kier alpha value is -10.4. The maximum atomic E-state index is 14.4. The highest BCUT2D eigenvalue weighted by Crippen LogP contribution is 2.20. The Labute approximate surface area is 650 Å². The Morgan fingerprint density at radius 3 is 1.12 bits per heavy atom. The van der Waals surface area contributed by atoms with E-state index in [1.165, 1.54) is 62.4 Å². The third-order valence-electron chi connectivity index (χ3n) is 16.5. The van der Waals surface area contributed by atoms with Crippen LogP contribution in [0.15, 0.2) is 48.5 Å². The highest BCUT2D eigenvalue weighted by atomic mass is 32.1. The number of carboxylic acid groups (broad SMARTS) is 1. The van der Waals surface area contributed by atoms with Gasteiger partial charge in [-0.2, -0.15) is 25.3 Å². The first-order valence-corrected chi connectivity index (χ1v) is 36.3. The summed E-state index contributed by atoms with van der Waals surface area (Å²) in [6.07, 6.45) is -6.64. The van der Waals surface area contributed by atoms with Gasteiger partial charge >= 0.3 is 12.0 Å². The summed E-state index contributed by atoms with van der Waals surface area (Å²) in [5.41, 5.74) is 46.2. The number of phenolic OH excluding ortho intramolecular Hbond substituents is 2. The zero-order valence-electron chi connectivity index (χ0n) is 61.9. The van der Waals surface area contributed by atoms with Crippen molar-refractivity contribution in [2.45, 2.75) is 194 Å². The quantitative estimate of drug-likeness (QED) is 0.0127. The molecule has 0 saturated carbocycles. The van der Waals surface area contributed by atoms with Crippen LogP contribution in [0.25, 0.3) is 0 Å². The fraction of sp³-hybridized carbons (Fsp3) is 0.576. The van der Waals surface area contributed by atoms with Crippen LogP contribution in [-0.4, -0.2) is 261 Å². The van der Waals surface area contributed by atoms with E-state index in [0.29, 0.717) is 11.1 Å². The molecule has 111 heavy (non-hydrogen) atoms. The fourth-order valence-electron chi connectivity index (χ4n) is 10.5. The van der Waals surface area contributed by atoms with Crippen molar-refractivity contribution in [2.75, 3.05) is 45.0 Å². The summed E-state index contributed by atoms with van der Waals surface area (Å²) in [7, 11) is 0. The molecule has 0 unspecified atom stereocenters. The molecule has 0 aromatic heterocycles. The number of nitrogens with two attached hydrogens (primary N) is 8. The van der Waals surface area contributed by atoms with Crippen LogP contribution in [0.2, 0.25) is 0 Å². The number of rotatable bonds is 51. The predicted molar refractivity (Wildman–Crippen MR) is 407 cm³/mol. The van der Waals surface area contributed by atoms with Gasteiger partial charge in [-0.25, -0.2) is 9.59 Å². The topological polar surface area (TPSA) is 758 Å². The normalized spacial score (nSPS) is 15.3. The third kappa shape index (κ3) is 35.4. The summed E-state index contributed by atoms with van der Waals surface area (Å²) >= 11 is 8.72. The van der Waals surface area contributed by atoms with E-state index in [0.717, 1.165) is 13.8 Å². The molecule has 0 fully saturated rings. The van der Waals surface area contributed by atoms with Crippen molar-refractivity contribution < 1.29 is 97.5 Å². The van der Waals surface area contributed by atoms with Crippen LogP contribution in [0, 0.1) is 5.41 Å². The molecule has 36 N–H and O–H groups in total. The number of primary amides is 2. The number of amides is 15. The number of aliphatic hydroxyl groups excluding tert-OH is 2. The molecule has 2 aromatic carbocycles. The summed E-state index contributed by atoms with van der Waals surface area (Å²) in [5.74, 6) is -16.9. The smallest absolute Gasteiger partial charge is 0.326 e. The maximum Gasteiger partial charge on any atom is 0.326 e. The molecule has 15 atom stereocenters. The fourth-order valence-corrected chi connectivity index (χ4v) is 10.9. The second kappa shape index (κ2) is 49.0. The van der Waals surface area contributed by atoms with Gasteiger partial charge in [0.15, 0.2) is 5.96 Å². The number of carboxylic acids is 1. The minimum atomic E-state index is -1.96. The Kier molecular flexibility index (Phi) is 42.6. The molecule has 2 rings (SSSR count). The summed E-state index contributed by atoms with van der Waals surface area (Å²) in [5, 5.41) is 92.1. The number of hydrogen-bond donors (Lipinski definition) is 30. The third-order valence-corrected chi connectivity index (χ3v) is 17.2. The van der Waals surface area contributed by atoms with Gasteiger partial charge in [-0.3, -0.25) is 67.7 Å². The molecule has 15 amide bonds. The molecule has 0 heterocycles. The number of urea groups is 1. The molecule has 0 radical (unpaired) electrons. The van der Waals surface area contributed by atoms with E-state index < -0.39 is 209 Å². The lowest BCUT2D eigenvalue weighted by Crippen LogP contribution is -2.63. The van der Waals surface area contributed by atoms with Gasteiger partial charge in [0.25, 0.3) is 0 Å². The van der Waals surface area contributed by atoms with Gasteiger partial charge in [-0.15, -0.1) is 0 Å². The van der Waals surface area contributed by atoms with Gasteiger partial charge in [0.2, 0.25) is 76.8 Å². The lowest BCUT2D eigenvalue weighted by molar-refractivity contribution is -0.143. The van der Waals surface area contributed by atoms with Gasteiger partial charge in [0, 0.05) is 36.4 Å². The first-order chi connectivity index (χ1) is 52.1. The molecular weight excluding hydrogens is 1500 g/mol. The average molecular weight is 1610 g/mol. The van der Waals surface area contributed by atoms with Crippen LogP contribution in [-0.2, 0) is 80.0 Å². The Bertz CT molecular complexity index is 3490. The Morgan fingerprint density at radius 1 is 0.432 bits per heavy atom. The first-order valence-electron chi connectivity index (χ1n) is 35.2. The number of nitrogens with one attached hydrogen (secondary N) is 15. The van der Waals surface area contributed by atoms with E-state index in [-0.39, 0.29) is 109 Å². The van der Waals surface area contributed by atoms with Crippen molar-refractivity contribution in [3.05, 3.63) is 59.7 Å². The lowest BCUT2D eigenvalue weighted by atomic mass is 9.99. The minimum absolute atomic E-state index is 0.0220. The number of carbonyl (C=O) groups is 15. The molecule has 0 bridgehead atoms. The van der Waals surface area contributed by atoms with Crippen molar-refractivity contribution in [3.8, 4) is 11.5 Å². The van der Waals surface area contributed by atoms with E-state index in [2.05, 4.69) is 99.7 Å². The number of hydrogen-bond acceptors (Lipinski definition) is 27. The minimum Gasteiger partial charge on any atom is -0.508 e. The van der Waals surface area contributed by atoms with Gasteiger partial charge in [0.05, 0.1) is 24.7 Å². The van der Waals surface area contributed by atoms with Crippen LogP contribution in [0.1, 0.15) is 96.6 Å². The van der Waals surface area contributed by atoms with E-state index in [4.69, 9.17) is 51.3 Å². The molecule has 0 saturated heterocycles. The van der Waals surface area contributed by atoms with Crippen LogP contribution in [0.3, 0.4) is 0 Å². The van der Waals surface area contributed by atoms with E-state index in [9.17, 15) is 97.5 Å². The number of aliphatic carboxylic acids is 1. The van der Waals surface area contributed by atoms with Gasteiger partial charge < -0.3 is 146 Å². The largest absolute Gasteiger partial charge is 0.508 e. The van der Waals surface area contributed by atoms with Crippen molar-refractivity contribution in [2.24, 2.45) is 45.9 Å². The molecular formula is C66H109N23O20S2. The first kappa shape index (κ1) is 96.7. The van der Waals surface area contributed by atoms with E-state index in [1.807, 2.05) is 0 Å². The van der Waals surface area contributed by atoms with Crippen molar-refractivity contribution in [3.63, 3.8) is 0 Å². The average Bonchev–Trinajstić information content (AvgIpc) is 0.850. The van der Waals surface area contributed by atoms with Crippen LogP contribution in [0.5, 0.6) is 11.5 Å². The summed E-state index contributed by atoms with van der Waals surface area (Å²) in [6.45, 7) is 3.86. The molecule has 45 heteroatoms. The number of phenols is 2. The lowest BCUT2D eigenvalue weighted by Gasteiger charge is -2.32. The van der Waals surface area contributed by atoms with Crippen LogP contribution >= 0.6 is 25.3 Å². The maximum absolute atomic E-state index is 14.4. The molecule has 620 valence electrons. The standard InChI is InChI=1S/C66H109N23O20S2/c1-31(90)48(60(104)82-40(18-22-68)54(98)78-39(8-6-26-77-65(75)109)53(97)86-46(30-110)59(103)81-42(20-24-70)56(100)88-49(32(2)91)61(105)85-45(63(107)108)28-34-11-15-36(93)16-12-34)87-55(99)41(19-23-69)80-52(96)38(7-5-25-76-64(73)74)79-57(101)44(29-47(72)94)84-62(106)50(66(3,4)111)89-58(102)43(83-51(95)37(71)17-21-67)27-33-9-13-35(92)14-10-33/h9-16,31-32,37-46,48-50,90-93,110-111H,5-8,17-30,67-71H2,1-4H3,(H2,72,94)(H,78,98)(H,79,101)(H,80,96)(H,81,103)(H,82,104)(H,83,95)(H,84,106)(H,85,105)(H,86,97)(H,87,99)(H,88,100)(H,89,102)(H,107,108)(H4,73,74,76)(H3,75,77,109)/t31-,32-,37+,38+,39+,40-,41+,42+,43+,44+,45+,46+,48+,49+,50-/m1/s1. The van der Waals surface area contributed by atoms with E-state index in [1.54, 1.807) is 0 Å². The number of aliphatic hydroxyl groups is 2. The molecule has 0 spiro atoms. The van der Waals surface area contributed by atoms with Crippen LogP contribution < -0.4 is 120 Å². The zero-order chi connectivity index (χ0) is 84.0. The monoisotopic (exact) mass is 1610 g/mol. The zero-order valence-corrected chi connectivity index (χ0v) is 63.7. The van der Waals surface area contributed by atoms with E-state index >= 15 is 0 Å². The Morgan fingerprint density at radius 2 is 0.757 bits per heavy atom. The van der Waals surface area contributed by atoms with Crippen LogP contribution in [0.4, 0.5) is 4.79 Å². The molecule has 43 nitrogen and oxygen atoms in total. The highest BCUT2D eigenvalue weighted by Gasteiger charge is 2.41. The summed E-state index contributed by atoms with van der Waals surface area (Å²) in [6, 6.07) is -11.3. The summed E-state index contributed by atoms with van der Waals surface area (Å²) < 4.78 is -1.49. The highest BCUT2D eigenvalue weighted by molar-refractivity contribution is 7.81. The second-order valence-corrected chi connectivity index (χ2v) is 27.9. The Balaban J connectivity index is 2.45. The SMILES string of the molecule is C[C@@H](O)[C@H](NC(=O)[C@H](CCN)NC(=O)[C@H](CS)NC(=O)[C@H](CCCNC(N)=O)NC(=O)[C@@H](CCN)NC(=O)[C@@H](NC(=O)[C@H](CCN)NC(=O)[C@H](CCCNC(=N)N)NC(=O)[C@H](CC(N)=O)NC(=O)[C@@H](NC(=O)[C@H](Cc1ccc(O)cc1)NC(=O)[C@@H](N)CCN)C(C)(C)S)[C@@H](C)O)C(=O)N[C@@H](Cc1ccc(O)cc1)C(=O)O. The second-order valence-electron chi connectivity index (χ2n) is 26.4. The van der Waals surface area contributed by atoms with Crippen molar-refractivity contribution in [1.29, 1.82) is 5.41 Å². The van der Waals surface area contributed by atoms with Crippen molar-refractivity contribution >= 4 is 120 Å².